The number of anilines is 1. The van der Waals surface area contributed by atoms with Gasteiger partial charge in [0, 0.05) is 21.7 Å². The summed E-state index contributed by atoms with van der Waals surface area (Å²) in [4.78, 5) is 23.8. The number of hydrogen-bond donors (Lipinski definition) is 1. The van der Waals surface area contributed by atoms with E-state index in [2.05, 4.69) is 5.32 Å². The van der Waals surface area contributed by atoms with E-state index in [1.54, 1.807) is 42.5 Å². The third kappa shape index (κ3) is 7.77. The SMILES string of the molecule is O=C(COC(=O)/C=C/c1ccc(OCc2c(Cl)cccc2Cl)cc1)Nc1ccccc1C(F)(F)F. The zero-order chi connectivity index (χ0) is 25.4. The second-order valence-corrected chi connectivity index (χ2v) is 7.90. The summed E-state index contributed by atoms with van der Waals surface area (Å²) in [5, 5.41) is 3.08. The van der Waals surface area contributed by atoms with Crippen molar-refractivity contribution in [3.8, 4) is 5.75 Å². The van der Waals surface area contributed by atoms with Gasteiger partial charge in [0.15, 0.2) is 6.61 Å². The average molecular weight is 524 g/mol. The second-order valence-electron chi connectivity index (χ2n) is 7.09. The van der Waals surface area contributed by atoms with Crippen molar-refractivity contribution in [3.05, 3.63) is 99.5 Å². The van der Waals surface area contributed by atoms with Crippen LogP contribution in [0, 0.1) is 0 Å². The van der Waals surface area contributed by atoms with Gasteiger partial charge in [-0.25, -0.2) is 4.79 Å². The Morgan fingerprint density at radius 3 is 2.23 bits per heavy atom. The monoisotopic (exact) mass is 523 g/mol. The Labute approximate surface area is 209 Å². The number of alkyl halides is 3. The number of halogens is 5. The van der Waals surface area contributed by atoms with E-state index in [0.717, 1.165) is 18.2 Å². The van der Waals surface area contributed by atoms with Gasteiger partial charge in [-0.2, -0.15) is 13.2 Å². The molecule has 0 heterocycles. The lowest BCUT2D eigenvalue weighted by Crippen LogP contribution is -2.22. The predicted octanol–water partition coefficient (Wildman–Crippen LogP) is 6.79. The van der Waals surface area contributed by atoms with Crippen LogP contribution in [0.2, 0.25) is 10.0 Å². The van der Waals surface area contributed by atoms with Gasteiger partial charge < -0.3 is 14.8 Å². The minimum Gasteiger partial charge on any atom is -0.489 e. The second kappa shape index (κ2) is 11.8. The van der Waals surface area contributed by atoms with Crippen LogP contribution in [0.15, 0.2) is 72.8 Å². The molecule has 0 atom stereocenters. The van der Waals surface area contributed by atoms with Gasteiger partial charge in [-0.3, -0.25) is 4.79 Å². The number of hydrogen-bond acceptors (Lipinski definition) is 4. The third-order valence-corrected chi connectivity index (χ3v) is 5.30. The zero-order valence-corrected chi connectivity index (χ0v) is 19.5. The van der Waals surface area contributed by atoms with Gasteiger partial charge >= 0.3 is 12.1 Å². The zero-order valence-electron chi connectivity index (χ0n) is 17.9. The van der Waals surface area contributed by atoms with E-state index in [4.69, 9.17) is 32.7 Å². The average Bonchev–Trinajstić information content (AvgIpc) is 2.81. The normalized spacial score (nSPS) is 11.3. The molecule has 182 valence electrons. The lowest BCUT2D eigenvalue weighted by atomic mass is 10.1. The minimum absolute atomic E-state index is 0.176. The highest BCUT2D eigenvalue weighted by Crippen LogP contribution is 2.34. The summed E-state index contributed by atoms with van der Waals surface area (Å²) in [5.74, 6) is -1.18. The first-order chi connectivity index (χ1) is 16.6. The molecule has 1 amide bonds. The van der Waals surface area contributed by atoms with Crippen LogP contribution < -0.4 is 10.1 Å². The Morgan fingerprint density at radius 2 is 1.57 bits per heavy atom. The maximum atomic E-state index is 13.0. The summed E-state index contributed by atoms with van der Waals surface area (Å²) in [7, 11) is 0. The van der Waals surface area contributed by atoms with Crippen molar-refractivity contribution >= 4 is 46.8 Å². The molecule has 0 saturated heterocycles. The largest absolute Gasteiger partial charge is 0.489 e. The van der Waals surface area contributed by atoms with Crippen molar-refractivity contribution in [3.63, 3.8) is 0 Å². The summed E-state index contributed by atoms with van der Waals surface area (Å²) in [6, 6.07) is 16.4. The van der Waals surface area contributed by atoms with Gasteiger partial charge in [0.1, 0.15) is 12.4 Å². The smallest absolute Gasteiger partial charge is 0.418 e. The van der Waals surface area contributed by atoms with Gasteiger partial charge in [-0.15, -0.1) is 0 Å². The maximum Gasteiger partial charge on any atom is 0.418 e. The maximum absolute atomic E-state index is 13.0. The Hall–Kier alpha value is -3.49. The molecule has 3 rings (SSSR count). The van der Waals surface area contributed by atoms with Gasteiger partial charge in [0.2, 0.25) is 0 Å². The molecule has 1 N–H and O–H groups in total. The molecule has 3 aromatic carbocycles. The molecule has 0 unspecified atom stereocenters. The van der Waals surface area contributed by atoms with E-state index in [-0.39, 0.29) is 6.61 Å². The van der Waals surface area contributed by atoms with Crippen molar-refractivity contribution in [1.82, 2.24) is 0 Å². The Bertz CT molecular complexity index is 1210. The molecule has 0 fully saturated rings. The van der Waals surface area contributed by atoms with E-state index in [0.29, 0.717) is 26.9 Å². The molecule has 0 saturated carbocycles. The van der Waals surface area contributed by atoms with Crippen LogP contribution in [0.1, 0.15) is 16.7 Å². The number of rotatable bonds is 8. The molecule has 0 spiro atoms. The molecular weight excluding hydrogens is 506 g/mol. The van der Waals surface area contributed by atoms with Crippen molar-refractivity contribution in [2.24, 2.45) is 0 Å². The van der Waals surface area contributed by atoms with Gasteiger partial charge in [-0.05, 0) is 48.0 Å². The summed E-state index contributed by atoms with van der Waals surface area (Å²) in [5.41, 5.74) is -0.111. The minimum atomic E-state index is -4.63. The third-order valence-electron chi connectivity index (χ3n) is 4.59. The summed E-state index contributed by atoms with van der Waals surface area (Å²) >= 11 is 12.2. The topological polar surface area (TPSA) is 64.6 Å². The number of esters is 1. The van der Waals surface area contributed by atoms with Crippen LogP contribution in [-0.2, 0) is 27.1 Å². The fourth-order valence-electron chi connectivity index (χ4n) is 2.88. The van der Waals surface area contributed by atoms with Crippen LogP contribution in [0.4, 0.5) is 18.9 Å². The van der Waals surface area contributed by atoms with Gasteiger partial charge in [0.05, 0.1) is 11.3 Å². The molecule has 35 heavy (non-hydrogen) atoms. The molecule has 0 bridgehead atoms. The fourth-order valence-corrected chi connectivity index (χ4v) is 3.38. The number of amides is 1. The van der Waals surface area contributed by atoms with E-state index >= 15 is 0 Å². The number of ether oxygens (including phenoxy) is 2. The number of benzene rings is 3. The Balaban J connectivity index is 1.48. The van der Waals surface area contributed by atoms with Crippen molar-refractivity contribution < 1.29 is 32.2 Å². The molecule has 0 radical (unpaired) electrons. The first-order valence-corrected chi connectivity index (χ1v) is 10.9. The highest BCUT2D eigenvalue weighted by molar-refractivity contribution is 6.35. The van der Waals surface area contributed by atoms with Crippen LogP contribution in [0.3, 0.4) is 0 Å². The molecule has 3 aromatic rings. The molecule has 10 heteroatoms. The van der Waals surface area contributed by atoms with E-state index in [9.17, 15) is 22.8 Å². The first-order valence-electron chi connectivity index (χ1n) is 10.1. The highest BCUT2D eigenvalue weighted by Gasteiger charge is 2.33. The number of para-hydroxylation sites is 1. The Morgan fingerprint density at radius 1 is 0.914 bits per heavy atom. The first kappa shape index (κ1) is 26.1. The van der Waals surface area contributed by atoms with Gasteiger partial charge in [-0.1, -0.05) is 53.5 Å². The number of nitrogens with one attached hydrogen (secondary N) is 1. The highest BCUT2D eigenvalue weighted by atomic mass is 35.5. The molecule has 0 aliphatic heterocycles. The fraction of sp³-hybridized carbons (Fsp3) is 0.120. The summed E-state index contributed by atoms with van der Waals surface area (Å²) in [6.07, 6.45) is -2.09. The summed E-state index contributed by atoms with van der Waals surface area (Å²) in [6.45, 7) is -0.567. The van der Waals surface area contributed by atoms with Crippen LogP contribution in [-0.4, -0.2) is 18.5 Å². The van der Waals surface area contributed by atoms with Crippen LogP contribution in [0.25, 0.3) is 6.08 Å². The van der Waals surface area contributed by atoms with E-state index < -0.39 is 35.9 Å². The summed E-state index contributed by atoms with van der Waals surface area (Å²) < 4.78 is 49.4. The van der Waals surface area contributed by atoms with Crippen molar-refractivity contribution in [2.75, 3.05) is 11.9 Å². The Kier molecular flexibility index (Phi) is 8.78. The lowest BCUT2D eigenvalue weighted by Gasteiger charge is -2.13. The molecule has 0 aliphatic carbocycles. The molecular formula is C25H18Cl2F3NO4. The number of carbonyl (C=O) groups excluding carboxylic acids is 2. The number of carbonyl (C=O) groups is 2. The molecule has 0 aliphatic rings. The van der Waals surface area contributed by atoms with Crippen molar-refractivity contribution in [2.45, 2.75) is 12.8 Å². The van der Waals surface area contributed by atoms with E-state index in [1.807, 2.05) is 0 Å². The van der Waals surface area contributed by atoms with Gasteiger partial charge in [0.25, 0.3) is 5.91 Å². The van der Waals surface area contributed by atoms with Crippen LogP contribution >= 0.6 is 23.2 Å². The molecule has 5 nitrogen and oxygen atoms in total. The quantitative estimate of drug-likeness (QED) is 0.261. The molecule has 0 aromatic heterocycles. The van der Waals surface area contributed by atoms with E-state index in [1.165, 1.54) is 18.2 Å². The van der Waals surface area contributed by atoms with Crippen LogP contribution in [0.5, 0.6) is 5.75 Å². The predicted molar refractivity (Wildman–Crippen MR) is 127 cm³/mol. The lowest BCUT2D eigenvalue weighted by molar-refractivity contribution is -0.142. The standard InChI is InChI=1S/C25H18Cl2F3NO4/c26-20-5-3-6-21(27)18(20)14-34-17-11-8-16(9-12-17)10-13-24(33)35-15-23(32)31-22-7-2-1-4-19(22)25(28,29)30/h1-13H,14-15H2,(H,31,32)/b13-10+. The van der Waals surface area contributed by atoms with Crippen molar-refractivity contribution in [1.29, 1.82) is 0 Å².